The molecule has 0 aliphatic heterocycles. The van der Waals surface area contributed by atoms with E-state index in [2.05, 4.69) is 22.1 Å². The molecule has 0 fully saturated rings. The maximum atomic E-state index is 5.55. The summed E-state index contributed by atoms with van der Waals surface area (Å²) in [4.78, 5) is 4.16. The van der Waals surface area contributed by atoms with Crippen LogP contribution in [0.15, 0.2) is 18.3 Å². The molecule has 0 unspecified atom stereocenters. The molecule has 0 radical (unpaired) electrons. The Morgan fingerprint density at radius 3 is 3.00 bits per heavy atom. The Morgan fingerprint density at radius 1 is 1.53 bits per heavy atom. The SMILES string of the molecule is CC#CCNc1cccnc1OC(C)C. The first-order valence-electron chi connectivity index (χ1n) is 4.99. The lowest BCUT2D eigenvalue weighted by Crippen LogP contribution is -2.10. The van der Waals surface area contributed by atoms with Crippen LogP contribution in [-0.2, 0) is 0 Å². The van der Waals surface area contributed by atoms with Crippen molar-refractivity contribution in [3.05, 3.63) is 18.3 Å². The minimum atomic E-state index is 0.123. The van der Waals surface area contributed by atoms with Crippen LogP contribution in [0.2, 0.25) is 0 Å². The number of hydrogen-bond acceptors (Lipinski definition) is 3. The van der Waals surface area contributed by atoms with E-state index in [1.165, 1.54) is 0 Å². The third-order valence-electron chi connectivity index (χ3n) is 1.66. The second-order valence-electron chi connectivity index (χ2n) is 3.30. The van der Waals surface area contributed by atoms with Crippen molar-refractivity contribution >= 4 is 5.69 Å². The van der Waals surface area contributed by atoms with Gasteiger partial charge in [0.15, 0.2) is 0 Å². The molecule has 3 heteroatoms. The number of hydrogen-bond donors (Lipinski definition) is 1. The Labute approximate surface area is 90.9 Å². The van der Waals surface area contributed by atoms with Gasteiger partial charge in [0.2, 0.25) is 5.88 Å². The number of nitrogens with zero attached hydrogens (tertiary/aromatic N) is 1. The molecular formula is C12H16N2O. The Kier molecular flexibility index (Phi) is 4.49. The normalized spacial score (nSPS) is 9.33. The summed E-state index contributed by atoms with van der Waals surface area (Å²) in [6, 6.07) is 3.80. The Hall–Kier alpha value is -1.69. The highest BCUT2D eigenvalue weighted by Gasteiger charge is 2.04. The van der Waals surface area contributed by atoms with Gasteiger partial charge in [0.1, 0.15) is 0 Å². The van der Waals surface area contributed by atoms with E-state index < -0.39 is 0 Å². The van der Waals surface area contributed by atoms with Crippen molar-refractivity contribution in [2.75, 3.05) is 11.9 Å². The summed E-state index contributed by atoms with van der Waals surface area (Å²) >= 11 is 0. The molecule has 1 aromatic rings. The standard InChI is InChI=1S/C12H16N2O/c1-4-5-8-13-11-7-6-9-14-12(11)15-10(2)3/h6-7,9-10,13H,8H2,1-3H3. The summed E-state index contributed by atoms with van der Waals surface area (Å²) in [7, 11) is 0. The van der Waals surface area contributed by atoms with Crippen LogP contribution < -0.4 is 10.1 Å². The largest absolute Gasteiger partial charge is 0.473 e. The quantitative estimate of drug-likeness (QED) is 0.764. The first-order chi connectivity index (χ1) is 7.24. The van der Waals surface area contributed by atoms with Crippen LogP contribution in [0.4, 0.5) is 5.69 Å². The molecule has 0 aliphatic carbocycles. The lowest BCUT2D eigenvalue weighted by molar-refractivity contribution is 0.234. The van der Waals surface area contributed by atoms with Crippen LogP contribution >= 0.6 is 0 Å². The van der Waals surface area contributed by atoms with E-state index in [9.17, 15) is 0 Å². The summed E-state index contributed by atoms with van der Waals surface area (Å²) in [5.41, 5.74) is 0.883. The topological polar surface area (TPSA) is 34.2 Å². The average molecular weight is 204 g/mol. The lowest BCUT2D eigenvalue weighted by atomic mass is 10.4. The van der Waals surface area contributed by atoms with Gasteiger partial charge < -0.3 is 10.1 Å². The maximum absolute atomic E-state index is 5.55. The highest BCUT2D eigenvalue weighted by atomic mass is 16.5. The van der Waals surface area contributed by atoms with E-state index >= 15 is 0 Å². The molecule has 1 rings (SSSR count). The molecule has 0 atom stereocenters. The fourth-order valence-electron chi connectivity index (χ4n) is 1.07. The van der Waals surface area contributed by atoms with Gasteiger partial charge in [0, 0.05) is 6.20 Å². The summed E-state index contributed by atoms with van der Waals surface area (Å²) in [5.74, 6) is 6.39. The fourth-order valence-corrected chi connectivity index (χ4v) is 1.07. The van der Waals surface area contributed by atoms with Gasteiger partial charge in [-0.15, -0.1) is 5.92 Å². The molecule has 0 aromatic carbocycles. The zero-order valence-electron chi connectivity index (χ0n) is 9.37. The van der Waals surface area contributed by atoms with E-state index in [4.69, 9.17) is 4.74 Å². The second-order valence-corrected chi connectivity index (χ2v) is 3.30. The van der Waals surface area contributed by atoms with Crippen molar-refractivity contribution in [2.24, 2.45) is 0 Å². The van der Waals surface area contributed by atoms with Crippen LogP contribution in [0.1, 0.15) is 20.8 Å². The molecule has 0 bridgehead atoms. The van der Waals surface area contributed by atoms with Crippen LogP contribution in [-0.4, -0.2) is 17.6 Å². The molecule has 0 spiro atoms. The van der Waals surface area contributed by atoms with E-state index in [0.717, 1.165) is 5.69 Å². The number of anilines is 1. The number of pyridine rings is 1. The van der Waals surface area contributed by atoms with Gasteiger partial charge in [0.25, 0.3) is 0 Å². The zero-order chi connectivity index (χ0) is 11.1. The minimum Gasteiger partial charge on any atom is -0.473 e. The van der Waals surface area contributed by atoms with E-state index in [0.29, 0.717) is 12.4 Å². The third kappa shape index (κ3) is 3.90. The molecule has 0 saturated heterocycles. The molecule has 0 saturated carbocycles. The fraction of sp³-hybridized carbons (Fsp3) is 0.417. The molecule has 1 aromatic heterocycles. The van der Waals surface area contributed by atoms with Gasteiger partial charge in [-0.1, -0.05) is 5.92 Å². The molecule has 1 heterocycles. The van der Waals surface area contributed by atoms with Crippen molar-refractivity contribution in [1.82, 2.24) is 4.98 Å². The van der Waals surface area contributed by atoms with E-state index in [-0.39, 0.29) is 6.10 Å². The number of aromatic nitrogens is 1. The highest BCUT2D eigenvalue weighted by molar-refractivity contribution is 5.52. The van der Waals surface area contributed by atoms with Gasteiger partial charge in [-0.2, -0.15) is 0 Å². The van der Waals surface area contributed by atoms with Crippen molar-refractivity contribution in [3.63, 3.8) is 0 Å². The first kappa shape index (κ1) is 11.4. The average Bonchev–Trinajstić information content (AvgIpc) is 2.20. The van der Waals surface area contributed by atoms with Gasteiger partial charge in [-0.3, -0.25) is 0 Å². The van der Waals surface area contributed by atoms with Crippen LogP contribution in [0.5, 0.6) is 5.88 Å². The van der Waals surface area contributed by atoms with Crippen LogP contribution in [0.25, 0.3) is 0 Å². The van der Waals surface area contributed by atoms with Gasteiger partial charge in [-0.25, -0.2) is 4.98 Å². The lowest BCUT2D eigenvalue weighted by Gasteiger charge is -2.12. The van der Waals surface area contributed by atoms with Gasteiger partial charge >= 0.3 is 0 Å². The zero-order valence-corrected chi connectivity index (χ0v) is 9.37. The Bertz CT molecular complexity index is 363. The summed E-state index contributed by atoms with van der Waals surface area (Å²) < 4.78 is 5.55. The van der Waals surface area contributed by atoms with Crippen molar-refractivity contribution in [2.45, 2.75) is 26.9 Å². The molecular weight excluding hydrogens is 188 g/mol. The van der Waals surface area contributed by atoms with Crippen LogP contribution in [0, 0.1) is 11.8 Å². The summed E-state index contributed by atoms with van der Waals surface area (Å²) in [5, 5.41) is 3.16. The second kappa shape index (κ2) is 5.92. The third-order valence-corrected chi connectivity index (χ3v) is 1.66. The molecule has 80 valence electrons. The molecule has 3 nitrogen and oxygen atoms in total. The monoisotopic (exact) mass is 204 g/mol. The highest BCUT2D eigenvalue weighted by Crippen LogP contribution is 2.20. The van der Waals surface area contributed by atoms with Crippen LogP contribution in [0.3, 0.4) is 0 Å². The first-order valence-corrected chi connectivity index (χ1v) is 4.99. The Morgan fingerprint density at radius 2 is 2.33 bits per heavy atom. The minimum absolute atomic E-state index is 0.123. The number of rotatable bonds is 4. The number of nitrogens with one attached hydrogen (secondary N) is 1. The summed E-state index contributed by atoms with van der Waals surface area (Å²) in [6.45, 7) is 6.38. The van der Waals surface area contributed by atoms with Gasteiger partial charge in [0.05, 0.1) is 18.3 Å². The predicted octanol–water partition coefficient (Wildman–Crippen LogP) is 2.30. The number of ether oxygens (including phenoxy) is 1. The predicted molar refractivity (Wildman–Crippen MR) is 61.9 cm³/mol. The summed E-state index contributed by atoms with van der Waals surface area (Å²) in [6.07, 6.45) is 1.84. The smallest absolute Gasteiger partial charge is 0.237 e. The Balaban J connectivity index is 2.70. The van der Waals surface area contributed by atoms with Crippen molar-refractivity contribution in [3.8, 4) is 17.7 Å². The van der Waals surface area contributed by atoms with E-state index in [1.807, 2.05) is 32.9 Å². The molecule has 15 heavy (non-hydrogen) atoms. The van der Waals surface area contributed by atoms with Crippen molar-refractivity contribution in [1.29, 1.82) is 0 Å². The molecule has 0 aliphatic rings. The van der Waals surface area contributed by atoms with Crippen molar-refractivity contribution < 1.29 is 4.74 Å². The molecule has 0 amide bonds. The van der Waals surface area contributed by atoms with Gasteiger partial charge in [-0.05, 0) is 32.9 Å². The van der Waals surface area contributed by atoms with E-state index in [1.54, 1.807) is 6.20 Å². The maximum Gasteiger partial charge on any atom is 0.237 e. The molecule has 1 N–H and O–H groups in total.